The van der Waals surface area contributed by atoms with Crippen molar-refractivity contribution in [1.82, 2.24) is 10.2 Å². The fourth-order valence-electron chi connectivity index (χ4n) is 2.80. The summed E-state index contributed by atoms with van der Waals surface area (Å²) in [7, 11) is 0. The number of amides is 2. The van der Waals surface area contributed by atoms with Crippen LogP contribution in [-0.2, 0) is 22.6 Å². The molecule has 2 rings (SSSR count). The van der Waals surface area contributed by atoms with Crippen molar-refractivity contribution >= 4 is 46.6 Å². The van der Waals surface area contributed by atoms with E-state index < -0.39 is 6.04 Å². The first-order chi connectivity index (χ1) is 13.7. The van der Waals surface area contributed by atoms with E-state index >= 15 is 0 Å². The monoisotopic (exact) mass is 454 g/mol. The van der Waals surface area contributed by atoms with Gasteiger partial charge >= 0.3 is 0 Å². The van der Waals surface area contributed by atoms with Crippen LogP contribution in [0.2, 0.25) is 15.1 Å². The van der Waals surface area contributed by atoms with E-state index in [1.807, 2.05) is 32.0 Å². The molecule has 0 fully saturated rings. The largest absolute Gasteiger partial charge is 0.354 e. The smallest absolute Gasteiger partial charge is 0.242 e. The van der Waals surface area contributed by atoms with Crippen molar-refractivity contribution in [3.8, 4) is 0 Å². The minimum atomic E-state index is -0.682. The predicted octanol–water partition coefficient (Wildman–Crippen LogP) is 5.38. The summed E-state index contributed by atoms with van der Waals surface area (Å²) in [6, 6.07) is 11.7. The standard InChI is InChI=1S/C22H25Cl3N2O2/c1-14(2)12-26-22(29)15(3)27(13-16-7-4-5-8-18(16)23)21(28)11-17-19(24)9-6-10-20(17)25/h4-10,14-15H,11-13H2,1-3H3,(H,26,29)/t15-/m0/s1. The Kier molecular flexibility index (Phi) is 8.81. The molecule has 0 saturated carbocycles. The van der Waals surface area contributed by atoms with Gasteiger partial charge in [0.1, 0.15) is 6.04 Å². The molecule has 156 valence electrons. The van der Waals surface area contributed by atoms with E-state index in [1.54, 1.807) is 31.2 Å². The highest BCUT2D eigenvalue weighted by Crippen LogP contribution is 2.26. The van der Waals surface area contributed by atoms with Crippen LogP contribution in [0.4, 0.5) is 0 Å². The minimum absolute atomic E-state index is 0.00917. The summed E-state index contributed by atoms with van der Waals surface area (Å²) < 4.78 is 0. The molecule has 1 N–H and O–H groups in total. The molecule has 2 aromatic rings. The molecular weight excluding hydrogens is 431 g/mol. The topological polar surface area (TPSA) is 49.4 Å². The van der Waals surface area contributed by atoms with Crippen LogP contribution in [0.3, 0.4) is 0 Å². The van der Waals surface area contributed by atoms with Crippen LogP contribution in [0, 0.1) is 5.92 Å². The van der Waals surface area contributed by atoms with Gasteiger partial charge in [0.25, 0.3) is 0 Å². The minimum Gasteiger partial charge on any atom is -0.354 e. The molecule has 0 bridgehead atoms. The van der Waals surface area contributed by atoms with Crippen molar-refractivity contribution < 1.29 is 9.59 Å². The van der Waals surface area contributed by atoms with Gasteiger partial charge in [-0.25, -0.2) is 0 Å². The summed E-state index contributed by atoms with van der Waals surface area (Å²) in [6.45, 7) is 6.47. The number of halogens is 3. The van der Waals surface area contributed by atoms with E-state index in [4.69, 9.17) is 34.8 Å². The van der Waals surface area contributed by atoms with Crippen LogP contribution < -0.4 is 5.32 Å². The van der Waals surface area contributed by atoms with Crippen molar-refractivity contribution in [2.75, 3.05) is 6.54 Å². The second kappa shape index (κ2) is 10.9. The zero-order chi connectivity index (χ0) is 21.6. The first kappa shape index (κ1) is 23.5. The van der Waals surface area contributed by atoms with Crippen LogP contribution in [0.15, 0.2) is 42.5 Å². The quantitative estimate of drug-likeness (QED) is 0.581. The second-order valence-electron chi connectivity index (χ2n) is 7.31. The summed E-state index contributed by atoms with van der Waals surface area (Å²) in [5.74, 6) is -0.169. The third-order valence-corrected chi connectivity index (χ3v) is 5.62. The SMILES string of the molecule is CC(C)CNC(=O)[C@H](C)N(Cc1ccccc1Cl)C(=O)Cc1c(Cl)cccc1Cl. The molecule has 0 aliphatic heterocycles. The van der Waals surface area contributed by atoms with Gasteiger partial charge in [0.15, 0.2) is 0 Å². The third kappa shape index (κ3) is 6.63. The Labute approximate surface area is 187 Å². The van der Waals surface area contributed by atoms with E-state index in [2.05, 4.69) is 5.32 Å². The Bertz CT molecular complexity index is 851. The highest BCUT2D eigenvalue weighted by molar-refractivity contribution is 6.36. The molecular formula is C22H25Cl3N2O2. The summed E-state index contributed by atoms with van der Waals surface area (Å²) in [5, 5.41) is 4.26. The van der Waals surface area contributed by atoms with Gasteiger partial charge in [0.2, 0.25) is 11.8 Å². The lowest BCUT2D eigenvalue weighted by Crippen LogP contribution is -2.48. The molecule has 0 spiro atoms. The fourth-order valence-corrected chi connectivity index (χ4v) is 3.53. The molecule has 2 aromatic carbocycles. The maximum atomic E-state index is 13.2. The number of hydrogen-bond acceptors (Lipinski definition) is 2. The number of nitrogens with one attached hydrogen (secondary N) is 1. The molecule has 0 radical (unpaired) electrons. The molecule has 0 aliphatic carbocycles. The Balaban J connectivity index is 2.29. The van der Waals surface area contributed by atoms with E-state index in [-0.39, 0.29) is 24.8 Å². The van der Waals surface area contributed by atoms with Gasteiger partial charge < -0.3 is 10.2 Å². The van der Waals surface area contributed by atoms with Crippen LogP contribution in [0.1, 0.15) is 31.9 Å². The van der Waals surface area contributed by atoms with Crippen LogP contribution in [-0.4, -0.2) is 29.3 Å². The average molecular weight is 456 g/mol. The van der Waals surface area contributed by atoms with E-state index in [1.165, 1.54) is 4.90 Å². The number of hydrogen-bond donors (Lipinski definition) is 1. The highest BCUT2D eigenvalue weighted by atomic mass is 35.5. The number of rotatable bonds is 8. The van der Waals surface area contributed by atoms with Crippen LogP contribution in [0.5, 0.6) is 0 Å². The van der Waals surface area contributed by atoms with Crippen LogP contribution in [0.25, 0.3) is 0 Å². The first-order valence-electron chi connectivity index (χ1n) is 9.44. The molecule has 1 atom stereocenters. The number of carbonyl (C=O) groups excluding carboxylic acids is 2. The maximum Gasteiger partial charge on any atom is 0.242 e. The summed E-state index contributed by atoms with van der Waals surface area (Å²) in [5.41, 5.74) is 1.30. The Hall–Kier alpha value is -1.75. The lowest BCUT2D eigenvalue weighted by Gasteiger charge is -2.29. The van der Waals surface area contributed by atoms with Crippen molar-refractivity contribution in [3.63, 3.8) is 0 Å². The van der Waals surface area contributed by atoms with Crippen LogP contribution >= 0.6 is 34.8 Å². The van der Waals surface area contributed by atoms with Gasteiger partial charge in [-0.3, -0.25) is 9.59 Å². The lowest BCUT2D eigenvalue weighted by atomic mass is 10.1. The summed E-state index contributed by atoms with van der Waals surface area (Å²) in [4.78, 5) is 27.4. The Morgan fingerprint density at radius 2 is 1.52 bits per heavy atom. The molecule has 0 saturated heterocycles. The van der Waals surface area contributed by atoms with Crippen molar-refractivity contribution in [3.05, 3.63) is 68.7 Å². The molecule has 0 unspecified atom stereocenters. The normalized spacial score (nSPS) is 12.0. The van der Waals surface area contributed by atoms with Gasteiger partial charge in [0.05, 0.1) is 6.42 Å². The number of nitrogens with zero attached hydrogens (tertiary/aromatic N) is 1. The Morgan fingerprint density at radius 1 is 0.931 bits per heavy atom. The Morgan fingerprint density at radius 3 is 2.10 bits per heavy atom. The predicted molar refractivity (Wildman–Crippen MR) is 119 cm³/mol. The average Bonchev–Trinajstić information content (AvgIpc) is 2.67. The van der Waals surface area contributed by atoms with Crippen molar-refractivity contribution in [1.29, 1.82) is 0 Å². The second-order valence-corrected chi connectivity index (χ2v) is 8.53. The fraction of sp³-hybridized carbons (Fsp3) is 0.364. The van der Waals surface area contributed by atoms with Gasteiger partial charge in [-0.15, -0.1) is 0 Å². The van der Waals surface area contributed by atoms with Gasteiger partial charge in [-0.05, 0) is 42.2 Å². The lowest BCUT2D eigenvalue weighted by molar-refractivity contribution is -0.140. The first-order valence-corrected chi connectivity index (χ1v) is 10.6. The molecule has 0 aliphatic rings. The van der Waals surface area contributed by atoms with Crippen molar-refractivity contribution in [2.45, 2.75) is 39.8 Å². The van der Waals surface area contributed by atoms with E-state index in [0.29, 0.717) is 33.1 Å². The molecule has 2 amide bonds. The zero-order valence-electron chi connectivity index (χ0n) is 16.7. The third-order valence-electron chi connectivity index (χ3n) is 4.54. The van der Waals surface area contributed by atoms with Gasteiger partial charge in [-0.2, -0.15) is 0 Å². The number of benzene rings is 2. The van der Waals surface area contributed by atoms with Gasteiger partial charge in [0, 0.05) is 28.2 Å². The molecule has 4 nitrogen and oxygen atoms in total. The maximum absolute atomic E-state index is 13.2. The molecule has 0 aromatic heterocycles. The van der Waals surface area contributed by atoms with Crippen molar-refractivity contribution in [2.24, 2.45) is 5.92 Å². The molecule has 29 heavy (non-hydrogen) atoms. The number of carbonyl (C=O) groups is 2. The molecule has 0 heterocycles. The highest BCUT2D eigenvalue weighted by Gasteiger charge is 2.27. The summed E-state index contributed by atoms with van der Waals surface area (Å²) >= 11 is 18.8. The van der Waals surface area contributed by atoms with Gasteiger partial charge in [-0.1, -0.05) is 72.9 Å². The molecule has 7 heteroatoms. The summed E-state index contributed by atoms with van der Waals surface area (Å²) in [6.07, 6.45) is -0.00917. The zero-order valence-corrected chi connectivity index (χ0v) is 19.0. The van der Waals surface area contributed by atoms with E-state index in [0.717, 1.165) is 5.56 Å². The van der Waals surface area contributed by atoms with E-state index in [9.17, 15) is 9.59 Å².